The lowest BCUT2D eigenvalue weighted by atomic mass is 10.3. The zero-order chi connectivity index (χ0) is 17.6. The van der Waals surface area contributed by atoms with E-state index in [-0.39, 0.29) is 17.9 Å². The summed E-state index contributed by atoms with van der Waals surface area (Å²) in [5.41, 5.74) is 0.476. The zero-order valence-corrected chi connectivity index (χ0v) is 14.7. The molecule has 0 unspecified atom stereocenters. The van der Waals surface area contributed by atoms with Crippen LogP contribution in [0.4, 0.5) is 5.69 Å². The van der Waals surface area contributed by atoms with Crippen molar-refractivity contribution in [2.75, 3.05) is 17.5 Å². The molecule has 0 aromatic heterocycles. The Morgan fingerprint density at radius 2 is 1.75 bits per heavy atom. The van der Waals surface area contributed by atoms with Crippen molar-refractivity contribution in [1.82, 2.24) is 0 Å². The SMILES string of the molecule is CCOc1ccc(N(CCC#N)S(=O)(=O)c2ccc(Cl)cc2)cc1. The average Bonchev–Trinajstić information content (AvgIpc) is 2.57. The van der Waals surface area contributed by atoms with Crippen molar-refractivity contribution >= 4 is 27.3 Å². The quantitative estimate of drug-likeness (QED) is 0.748. The molecule has 0 saturated heterocycles. The predicted octanol–water partition coefficient (Wildman–Crippen LogP) is 3.85. The van der Waals surface area contributed by atoms with Gasteiger partial charge in [-0.25, -0.2) is 8.42 Å². The van der Waals surface area contributed by atoms with Gasteiger partial charge < -0.3 is 4.74 Å². The van der Waals surface area contributed by atoms with Crippen molar-refractivity contribution < 1.29 is 13.2 Å². The average molecular weight is 365 g/mol. The van der Waals surface area contributed by atoms with Crippen LogP contribution in [0.2, 0.25) is 5.02 Å². The van der Waals surface area contributed by atoms with Gasteiger partial charge in [0.15, 0.2) is 0 Å². The molecule has 2 aromatic carbocycles. The molecule has 0 aliphatic heterocycles. The number of hydrogen-bond acceptors (Lipinski definition) is 4. The smallest absolute Gasteiger partial charge is 0.264 e. The minimum Gasteiger partial charge on any atom is -0.494 e. The van der Waals surface area contributed by atoms with Crippen molar-refractivity contribution in [1.29, 1.82) is 5.26 Å². The second-order valence-electron chi connectivity index (χ2n) is 4.87. The molecule has 0 atom stereocenters. The summed E-state index contributed by atoms with van der Waals surface area (Å²) in [6.07, 6.45) is 0.0834. The number of hydrogen-bond donors (Lipinski definition) is 0. The molecule has 0 spiro atoms. The molecule has 2 rings (SSSR count). The molecule has 7 heteroatoms. The van der Waals surface area contributed by atoms with E-state index >= 15 is 0 Å². The Balaban J connectivity index is 2.40. The number of nitriles is 1. The minimum absolute atomic E-state index is 0.0649. The third kappa shape index (κ3) is 4.19. The molecule has 0 radical (unpaired) electrons. The molecular weight excluding hydrogens is 348 g/mol. The van der Waals surface area contributed by atoms with Crippen molar-refractivity contribution in [3.8, 4) is 11.8 Å². The molecule has 0 aliphatic carbocycles. The van der Waals surface area contributed by atoms with E-state index in [1.165, 1.54) is 28.6 Å². The summed E-state index contributed by atoms with van der Waals surface area (Å²) in [7, 11) is -3.79. The van der Waals surface area contributed by atoms with Gasteiger partial charge in [-0.1, -0.05) is 11.6 Å². The first-order valence-corrected chi connectivity index (χ1v) is 9.19. The van der Waals surface area contributed by atoms with Gasteiger partial charge >= 0.3 is 0 Å². The lowest BCUT2D eigenvalue weighted by molar-refractivity contribution is 0.340. The van der Waals surface area contributed by atoms with E-state index in [1.54, 1.807) is 24.3 Å². The molecule has 0 bridgehead atoms. The van der Waals surface area contributed by atoms with E-state index in [0.717, 1.165) is 0 Å². The molecule has 126 valence electrons. The number of ether oxygens (including phenoxy) is 1. The van der Waals surface area contributed by atoms with Crippen LogP contribution in [0.3, 0.4) is 0 Å². The number of anilines is 1. The highest BCUT2D eigenvalue weighted by molar-refractivity contribution is 7.92. The molecule has 0 saturated carbocycles. The van der Waals surface area contributed by atoms with Crippen molar-refractivity contribution in [2.45, 2.75) is 18.2 Å². The van der Waals surface area contributed by atoms with Crippen LogP contribution in [-0.4, -0.2) is 21.6 Å². The van der Waals surface area contributed by atoms with Gasteiger partial charge in [0.05, 0.1) is 29.7 Å². The zero-order valence-electron chi connectivity index (χ0n) is 13.1. The standard InChI is InChI=1S/C17H17ClN2O3S/c1-2-23-16-8-6-15(7-9-16)20(13-3-12-19)24(21,22)17-10-4-14(18)5-11-17/h4-11H,2-3,13H2,1H3. The molecule has 0 aliphatic rings. The fourth-order valence-electron chi connectivity index (χ4n) is 2.15. The first-order chi connectivity index (χ1) is 11.5. The Morgan fingerprint density at radius 1 is 1.12 bits per heavy atom. The maximum atomic E-state index is 12.9. The molecule has 2 aromatic rings. The van der Waals surface area contributed by atoms with Crippen LogP contribution in [0.1, 0.15) is 13.3 Å². The molecule has 0 fully saturated rings. The third-order valence-corrected chi connectivity index (χ3v) is 5.36. The molecule has 5 nitrogen and oxygen atoms in total. The Kier molecular flexibility index (Phi) is 6.07. The third-order valence-electron chi connectivity index (χ3n) is 3.26. The van der Waals surface area contributed by atoms with Crippen LogP contribution in [0.25, 0.3) is 0 Å². The van der Waals surface area contributed by atoms with Gasteiger partial charge in [0.1, 0.15) is 5.75 Å². The normalized spacial score (nSPS) is 10.9. The minimum atomic E-state index is -3.79. The lowest BCUT2D eigenvalue weighted by Crippen LogP contribution is -2.31. The number of benzene rings is 2. The van der Waals surface area contributed by atoms with Crippen LogP contribution in [-0.2, 0) is 10.0 Å². The van der Waals surface area contributed by atoms with E-state index in [4.69, 9.17) is 21.6 Å². The van der Waals surface area contributed by atoms with E-state index in [0.29, 0.717) is 23.1 Å². The highest BCUT2D eigenvalue weighted by atomic mass is 35.5. The topological polar surface area (TPSA) is 70.4 Å². The molecule has 0 heterocycles. The van der Waals surface area contributed by atoms with Gasteiger partial charge in [-0.3, -0.25) is 4.31 Å². The van der Waals surface area contributed by atoms with Gasteiger partial charge in [-0.15, -0.1) is 0 Å². The fraction of sp³-hybridized carbons (Fsp3) is 0.235. The van der Waals surface area contributed by atoms with Gasteiger partial charge in [0, 0.05) is 11.6 Å². The predicted molar refractivity (Wildman–Crippen MR) is 93.8 cm³/mol. The van der Waals surface area contributed by atoms with E-state index in [2.05, 4.69) is 0 Å². The Hall–Kier alpha value is -2.23. The maximum absolute atomic E-state index is 12.9. The van der Waals surface area contributed by atoms with Gasteiger partial charge in [-0.05, 0) is 55.5 Å². The van der Waals surface area contributed by atoms with Crippen LogP contribution in [0.15, 0.2) is 53.4 Å². The second kappa shape index (κ2) is 8.04. The van der Waals surface area contributed by atoms with Crippen molar-refractivity contribution in [2.24, 2.45) is 0 Å². The van der Waals surface area contributed by atoms with E-state index in [9.17, 15) is 8.42 Å². The summed E-state index contributed by atoms with van der Waals surface area (Å²) < 4.78 is 32.4. The van der Waals surface area contributed by atoms with E-state index < -0.39 is 10.0 Å². The van der Waals surface area contributed by atoms with Crippen LogP contribution in [0.5, 0.6) is 5.75 Å². The highest BCUT2D eigenvalue weighted by Crippen LogP contribution is 2.26. The van der Waals surface area contributed by atoms with Gasteiger partial charge in [-0.2, -0.15) is 5.26 Å². The monoisotopic (exact) mass is 364 g/mol. The molecule has 0 amide bonds. The molecule has 0 N–H and O–H groups in total. The summed E-state index contributed by atoms with van der Waals surface area (Å²) in [6.45, 7) is 2.47. The number of nitrogens with zero attached hydrogens (tertiary/aromatic N) is 2. The van der Waals surface area contributed by atoms with Crippen LogP contribution in [0, 0.1) is 11.3 Å². The van der Waals surface area contributed by atoms with Crippen molar-refractivity contribution in [3.63, 3.8) is 0 Å². The van der Waals surface area contributed by atoms with Gasteiger partial charge in [0.25, 0.3) is 10.0 Å². The first kappa shape index (κ1) is 18.1. The maximum Gasteiger partial charge on any atom is 0.264 e. The fourth-order valence-corrected chi connectivity index (χ4v) is 3.74. The van der Waals surface area contributed by atoms with Crippen LogP contribution >= 0.6 is 11.6 Å². The van der Waals surface area contributed by atoms with Crippen LogP contribution < -0.4 is 9.04 Å². The summed E-state index contributed by atoms with van der Waals surface area (Å²) >= 11 is 5.82. The van der Waals surface area contributed by atoms with Crippen molar-refractivity contribution in [3.05, 3.63) is 53.6 Å². The number of rotatable bonds is 7. The Morgan fingerprint density at radius 3 is 2.29 bits per heavy atom. The first-order valence-electron chi connectivity index (χ1n) is 7.37. The van der Waals surface area contributed by atoms with Gasteiger partial charge in [0.2, 0.25) is 0 Å². The summed E-state index contributed by atoms with van der Waals surface area (Å²) in [5, 5.41) is 9.30. The Bertz CT molecular complexity index is 812. The van der Waals surface area contributed by atoms with E-state index in [1.807, 2.05) is 13.0 Å². The summed E-state index contributed by atoms with van der Waals surface area (Å²) in [6, 6.07) is 14.7. The summed E-state index contributed by atoms with van der Waals surface area (Å²) in [5.74, 6) is 0.658. The Labute approximate surface area is 147 Å². The summed E-state index contributed by atoms with van der Waals surface area (Å²) in [4.78, 5) is 0.124. The number of sulfonamides is 1. The number of halogens is 1. The molecule has 24 heavy (non-hydrogen) atoms. The lowest BCUT2D eigenvalue weighted by Gasteiger charge is -2.24. The second-order valence-corrected chi connectivity index (χ2v) is 7.16. The highest BCUT2D eigenvalue weighted by Gasteiger charge is 2.24. The molecular formula is C17H17ClN2O3S. The largest absolute Gasteiger partial charge is 0.494 e.